The van der Waals surface area contributed by atoms with Crippen molar-refractivity contribution in [3.8, 4) is 11.4 Å². The van der Waals surface area contributed by atoms with Crippen LogP contribution in [-0.2, 0) is 19.6 Å². The number of aromatic nitrogens is 2. The van der Waals surface area contributed by atoms with E-state index in [2.05, 4.69) is 27.1 Å². The predicted molar refractivity (Wildman–Crippen MR) is 99.6 cm³/mol. The molecule has 124 valence electrons. The average Bonchev–Trinajstić information content (AvgIpc) is 3.22. The summed E-state index contributed by atoms with van der Waals surface area (Å²) < 4.78 is 10.2. The number of imidazole rings is 1. The van der Waals surface area contributed by atoms with E-state index in [1.54, 1.807) is 7.11 Å². The van der Waals surface area contributed by atoms with Crippen LogP contribution in [0.25, 0.3) is 5.69 Å². The van der Waals surface area contributed by atoms with Gasteiger partial charge in [-0.15, -0.1) is 11.3 Å². The number of benzene rings is 1. The summed E-state index contributed by atoms with van der Waals surface area (Å²) in [4.78, 5) is 3.98. The van der Waals surface area contributed by atoms with E-state index < -0.39 is 0 Å². The zero-order chi connectivity index (χ0) is 16.5. The number of hydrogen-bond acceptors (Lipinski definition) is 4. The molecule has 0 bridgehead atoms. The molecule has 0 spiro atoms. The first-order valence-electron chi connectivity index (χ1n) is 7.94. The third-order valence-electron chi connectivity index (χ3n) is 4.44. The lowest BCUT2D eigenvalue weighted by atomic mass is 10.1. The van der Waals surface area contributed by atoms with Crippen molar-refractivity contribution in [3.05, 3.63) is 63.3 Å². The predicted octanol–water partition coefficient (Wildman–Crippen LogP) is 4.09. The molecule has 2 aromatic heterocycles. The first-order chi connectivity index (χ1) is 11.7. The van der Waals surface area contributed by atoms with Gasteiger partial charge in [-0.25, -0.2) is 0 Å². The van der Waals surface area contributed by atoms with E-state index in [-0.39, 0.29) is 0 Å². The van der Waals surface area contributed by atoms with Crippen molar-refractivity contribution in [2.24, 2.45) is 0 Å². The number of rotatable bonds is 4. The fourth-order valence-corrected chi connectivity index (χ4v) is 4.28. The van der Waals surface area contributed by atoms with Crippen LogP contribution >= 0.6 is 23.6 Å². The van der Waals surface area contributed by atoms with Gasteiger partial charge in [0.05, 0.1) is 13.8 Å². The minimum absolute atomic E-state index is 0.816. The van der Waals surface area contributed by atoms with Gasteiger partial charge in [0, 0.05) is 36.0 Å². The van der Waals surface area contributed by atoms with Crippen LogP contribution < -0.4 is 4.74 Å². The van der Waals surface area contributed by atoms with Crippen LogP contribution in [0, 0.1) is 4.77 Å². The quantitative estimate of drug-likeness (QED) is 0.657. The van der Waals surface area contributed by atoms with Crippen molar-refractivity contribution in [3.63, 3.8) is 0 Å². The van der Waals surface area contributed by atoms with Gasteiger partial charge in [-0.05, 0) is 59.9 Å². The molecule has 0 saturated heterocycles. The van der Waals surface area contributed by atoms with Gasteiger partial charge in [0.1, 0.15) is 5.75 Å². The molecule has 6 heteroatoms. The maximum Gasteiger partial charge on any atom is 0.185 e. The van der Waals surface area contributed by atoms with E-state index >= 15 is 0 Å². The number of hydrogen-bond donors (Lipinski definition) is 0. The highest BCUT2D eigenvalue weighted by Crippen LogP contribution is 2.24. The van der Waals surface area contributed by atoms with Gasteiger partial charge >= 0.3 is 0 Å². The highest BCUT2D eigenvalue weighted by molar-refractivity contribution is 7.71. The summed E-state index contributed by atoms with van der Waals surface area (Å²) in [6.07, 6.45) is 5.24. The summed E-state index contributed by atoms with van der Waals surface area (Å²) in [6.45, 7) is 2.93. The smallest absolute Gasteiger partial charge is 0.185 e. The van der Waals surface area contributed by atoms with Crippen molar-refractivity contribution in [1.82, 2.24) is 14.0 Å². The fourth-order valence-electron chi connectivity index (χ4n) is 3.10. The number of nitrogens with zero attached hydrogens (tertiary/aromatic N) is 3. The number of ether oxygens (including phenoxy) is 1. The average molecular weight is 358 g/mol. The molecule has 3 heterocycles. The molecule has 0 aliphatic carbocycles. The van der Waals surface area contributed by atoms with Gasteiger partial charge in [-0.3, -0.25) is 9.47 Å². The summed E-state index contributed by atoms with van der Waals surface area (Å²) in [5.41, 5.74) is 2.52. The van der Waals surface area contributed by atoms with E-state index in [9.17, 15) is 0 Å². The first-order valence-corrected chi connectivity index (χ1v) is 9.23. The maximum absolute atomic E-state index is 5.67. The Kier molecular flexibility index (Phi) is 4.26. The molecule has 0 N–H and O–H groups in total. The minimum atomic E-state index is 0.816. The normalized spacial score (nSPS) is 14.5. The van der Waals surface area contributed by atoms with E-state index in [0.717, 1.165) is 42.4 Å². The third-order valence-corrected chi connectivity index (χ3v) is 5.89. The van der Waals surface area contributed by atoms with Gasteiger partial charge in [0.2, 0.25) is 0 Å². The fraction of sp³-hybridized carbons (Fsp3) is 0.278. The Balaban J connectivity index is 1.53. The zero-order valence-corrected chi connectivity index (χ0v) is 15.1. The summed E-state index contributed by atoms with van der Waals surface area (Å²) in [7, 11) is 1.68. The van der Waals surface area contributed by atoms with Gasteiger partial charge in [0.25, 0.3) is 0 Å². The van der Waals surface area contributed by atoms with E-state index in [1.165, 1.54) is 10.4 Å². The Morgan fingerprint density at radius 3 is 2.79 bits per heavy atom. The molecule has 0 saturated carbocycles. The molecule has 4 rings (SSSR count). The number of fused-ring (bicyclic) bond motifs is 1. The van der Waals surface area contributed by atoms with Gasteiger partial charge in [-0.2, -0.15) is 0 Å². The van der Waals surface area contributed by atoms with Crippen molar-refractivity contribution >= 4 is 23.6 Å². The van der Waals surface area contributed by atoms with Crippen molar-refractivity contribution < 1.29 is 4.74 Å². The molecular formula is C18H19N3OS2. The van der Waals surface area contributed by atoms with Crippen LogP contribution in [-0.4, -0.2) is 27.7 Å². The second kappa shape index (κ2) is 6.55. The summed E-state index contributed by atoms with van der Waals surface area (Å²) in [6, 6.07) is 10.2. The molecule has 3 aromatic rings. The third kappa shape index (κ3) is 2.92. The highest BCUT2D eigenvalue weighted by Gasteiger charge is 2.17. The largest absolute Gasteiger partial charge is 0.497 e. The molecular weight excluding hydrogens is 338 g/mol. The topological polar surface area (TPSA) is 22.3 Å². The van der Waals surface area contributed by atoms with Crippen molar-refractivity contribution in [1.29, 1.82) is 0 Å². The lowest BCUT2D eigenvalue weighted by molar-refractivity contribution is 0.200. The zero-order valence-electron chi connectivity index (χ0n) is 13.5. The number of thiophene rings is 1. The van der Waals surface area contributed by atoms with Crippen LogP contribution in [0.1, 0.15) is 10.4 Å². The van der Waals surface area contributed by atoms with Crippen molar-refractivity contribution in [2.75, 3.05) is 13.7 Å². The molecule has 1 aliphatic heterocycles. The van der Waals surface area contributed by atoms with E-state index in [0.29, 0.717) is 0 Å². The van der Waals surface area contributed by atoms with Gasteiger partial charge in [0.15, 0.2) is 4.77 Å². The Morgan fingerprint density at radius 1 is 1.17 bits per heavy atom. The standard InChI is InChI=1S/C18H19N3OS2/c1-22-16-4-2-15(3-5-16)21-10-9-20(18(21)23)13-19-8-6-17-14(12-19)7-11-24-17/h2-5,7,9-11H,6,8,12-13H2,1H3. The minimum Gasteiger partial charge on any atom is -0.497 e. The second-order valence-corrected chi connectivity index (χ2v) is 7.30. The van der Waals surface area contributed by atoms with Crippen LogP contribution in [0.2, 0.25) is 0 Å². The summed E-state index contributed by atoms with van der Waals surface area (Å²) >= 11 is 7.54. The molecule has 0 fully saturated rings. The molecule has 4 nitrogen and oxygen atoms in total. The number of methoxy groups -OCH3 is 1. The Labute approximate surface area is 150 Å². The first kappa shape index (κ1) is 15.6. The Hall–Kier alpha value is -1.89. The van der Waals surface area contributed by atoms with Crippen LogP contribution in [0.3, 0.4) is 0 Å². The van der Waals surface area contributed by atoms with Crippen LogP contribution in [0.4, 0.5) is 0 Å². The maximum atomic E-state index is 5.67. The molecule has 0 atom stereocenters. The van der Waals surface area contributed by atoms with Gasteiger partial charge < -0.3 is 9.30 Å². The van der Waals surface area contributed by atoms with E-state index in [4.69, 9.17) is 17.0 Å². The SMILES string of the molecule is COc1ccc(-n2ccn(CN3CCc4sccc4C3)c2=S)cc1. The lowest BCUT2D eigenvalue weighted by Gasteiger charge is -2.26. The van der Waals surface area contributed by atoms with Gasteiger partial charge in [-0.1, -0.05) is 0 Å². The molecule has 24 heavy (non-hydrogen) atoms. The Morgan fingerprint density at radius 2 is 2.00 bits per heavy atom. The lowest BCUT2D eigenvalue weighted by Crippen LogP contribution is -2.31. The van der Waals surface area contributed by atoms with Crippen LogP contribution in [0.15, 0.2) is 48.1 Å². The highest BCUT2D eigenvalue weighted by atomic mass is 32.1. The summed E-state index contributed by atoms with van der Waals surface area (Å²) in [5, 5.41) is 2.19. The summed E-state index contributed by atoms with van der Waals surface area (Å²) in [5.74, 6) is 0.851. The molecule has 0 unspecified atom stereocenters. The van der Waals surface area contributed by atoms with Crippen molar-refractivity contribution in [2.45, 2.75) is 19.6 Å². The van der Waals surface area contributed by atoms with E-state index in [1.807, 2.05) is 46.4 Å². The molecule has 1 aromatic carbocycles. The molecule has 0 radical (unpaired) electrons. The monoisotopic (exact) mass is 357 g/mol. The van der Waals surface area contributed by atoms with Crippen LogP contribution in [0.5, 0.6) is 5.75 Å². The molecule has 0 amide bonds. The Bertz CT molecular complexity index is 892. The second-order valence-electron chi connectivity index (χ2n) is 5.93. The molecule has 1 aliphatic rings.